The van der Waals surface area contributed by atoms with Crippen molar-refractivity contribution >= 4 is 39.5 Å². The molecular formula is C19H24BrN5OS. The Morgan fingerprint density at radius 3 is 2.52 bits per heavy atom. The van der Waals surface area contributed by atoms with Gasteiger partial charge in [0, 0.05) is 61.0 Å². The normalized spacial score (nSPS) is 16.1. The van der Waals surface area contributed by atoms with Crippen molar-refractivity contribution in [3.8, 4) is 0 Å². The third kappa shape index (κ3) is 6.19. The van der Waals surface area contributed by atoms with Gasteiger partial charge in [-0.2, -0.15) is 0 Å². The van der Waals surface area contributed by atoms with Gasteiger partial charge in [-0.25, -0.2) is 9.97 Å². The van der Waals surface area contributed by atoms with Crippen LogP contribution in [0, 0.1) is 0 Å². The number of carbonyl (C=O) groups excluding carboxylic acids is 1. The summed E-state index contributed by atoms with van der Waals surface area (Å²) >= 11 is 5.00. The van der Waals surface area contributed by atoms with Crippen molar-refractivity contribution in [3.63, 3.8) is 0 Å². The second-order valence-corrected chi connectivity index (χ2v) is 8.71. The second kappa shape index (κ2) is 10.1. The van der Waals surface area contributed by atoms with Gasteiger partial charge in [0.2, 0.25) is 11.9 Å². The summed E-state index contributed by atoms with van der Waals surface area (Å²) in [7, 11) is 0. The number of nitrogens with one attached hydrogen (secondary N) is 1. The number of nitrogens with zero attached hydrogens (tertiary/aromatic N) is 4. The SMILES string of the molecule is CC(Sc1ccc(Br)cc1)C(=O)NCCN1CCN(c2ncccn2)CC1. The Labute approximate surface area is 172 Å². The van der Waals surface area contributed by atoms with Gasteiger partial charge in [0.25, 0.3) is 0 Å². The third-order valence-corrected chi connectivity index (χ3v) is 6.07. The highest BCUT2D eigenvalue weighted by Crippen LogP contribution is 2.24. The van der Waals surface area contributed by atoms with Gasteiger partial charge in [-0.05, 0) is 37.3 Å². The topological polar surface area (TPSA) is 61.4 Å². The van der Waals surface area contributed by atoms with Crippen LogP contribution in [0.5, 0.6) is 0 Å². The van der Waals surface area contributed by atoms with Gasteiger partial charge in [0.15, 0.2) is 0 Å². The Morgan fingerprint density at radius 2 is 1.85 bits per heavy atom. The predicted molar refractivity (Wildman–Crippen MR) is 113 cm³/mol. The molecule has 1 unspecified atom stereocenters. The van der Waals surface area contributed by atoms with E-state index in [9.17, 15) is 4.79 Å². The van der Waals surface area contributed by atoms with Crippen molar-refractivity contribution in [3.05, 3.63) is 47.2 Å². The van der Waals surface area contributed by atoms with Crippen LogP contribution in [-0.4, -0.2) is 65.3 Å². The summed E-state index contributed by atoms with van der Waals surface area (Å²) in [6.07, 6.45) is 3.55. The molecular weight excluding hydrogens is 426 g/mol. The fraction of sp³-hybridized carbons (Fsp3) is 0.421. The molecule has 1 aliphatic heterocycles. The monoisotopic (exact) mass is 449 g/mol. The van der Waals surface area contributed by atoms with Crippen molar-refractivity contribution in [1.82, 2.24) is 20.2 Å². The number of thioether (sulfide) groups is 1. The fourth-order valence-electron chi connectivity index (χ4n) is 2.88. The predicted octanol–water partition coefficient (Wildman–Crippen LogP) is 2.66. The smallest absolute Gasteiger partial charge is 0.233 e. The molecule has 1 amide bonds. The van der Waals surface area contributed by atoms with Gasteiger partial charge in [0.1, 0.15) is 0 Å². The summed E-state index contributed by atoms with van der Waals surface area (Å²) in [4.78, 5) is 26.6. The van der Waals surface area contributed by atoms with E-state index >= 15 is 0 Å². The average molecular weight is 450 g/mol. The van der Waals surface area contributed by atoms with E-state index in [1.54, 1.807) is 24.2 Å². The van der Waals surface area contributed by atoms with Gasteiger partial charge in [0.05, 0.1) is 5.25 Å². The van der Waals surface area contributed by atoms with Gasteiger partial charge >= 0.3 is 0 Å². The molecule has 27 heavy (non-hydrogen) atoms. The molecule has 0 aliphatic carbocycles. The Hall–Kier alpha value is -1.64. The van der Waals surface area contributed by atoms with E-state index in [1.807, 2.05) is 37.3 Å². The van der Waals surface area contributed by atoms with E-state index in [2.05, 4.69) is 41.0 Å². The third-order valence-electron chi connectivity index (χ3n) is 4.43. The number of anilines is 1. The van der Waals surface area contributed by atoms with Crippen LogP contribution in [0.3, 0.4) is 0 Å². The van der Waals surface area contributed by atoms with Crippen LogP contribution in [0.1, 0.15) is 6.92 Å². The lowest BCUT2D eigenvalue weighted by molar-refractivity contribution is -0.120. The lowest BCUT2D eigenvalue weighted by atomic mass is 10.3. The minimum absolute atomic E-state index is 0.0826. The number of piperazine rings is 1. The molecule has 3 rings (SSSR count). The molecule has 1 atom stereocenters. The molecule has 1 saturated heterocycles. The van der Waals surface area contributed by atoms with Crippen molar-refractivity contribution in [2.75, 3.05) is 44.2 Å². The quantitative estimate of drug-likeness (QED) is 0.655. The lowest BCUT2D eigenvalue weighted by Crippen LogP contribution is -2.49. The number of hydrogen-bond acceptors (Lipinski definition) is 6. The minimum atomic E-state index is -0.113. The van der Waals surface area contributed by atoms with Gasteiger partial charge in [-0.3, -0.25) is 9.69 Å². The molecule has 2 heterocycles. The van der Waals surface area contributed by atoms with E-state index in [0.717, 1.165) is 48.0 Å². The number of hydrogen-bond donors (Lipinski definition) is 1. The number of amides is 1. The van der Waals surface area contributed by atoms with E-state index < -0.39 is 0 Å². The second-order valence-electron chi connectivity index (χ2n) is 6.38. The van der Waals surface area contributed by atoms with Crippen LogP contribution in [0.15, 0.2) is 52.1 Å². The highest BCUT2D eigenvalue weighted by Gasteiger charge is 2.19. The molecule has 0 bridgehead atoms. The first-order valence-electron chi connectivity index (χ1n) is 9.06. The zero-order valence-corrected chi connectivity index (χ0v) is 17.7. The first-order valence-corrected chi connectivity index (χ1v) is 10.7. The first kappa shape index (κ1) is 20.1. The highest BCUT2D eigenvalue weighted by atomic mass is 79.9. The van der Waals surface area contributed by atoms with Crippen LogP contribution in [-0.2, 0) is 4.79 Å². The zero-order chi connectivity index (χ0) is 19.1. The van der Waals surface area contributed by atoms with Gasteiger partial charge in [-0.15, -0.1) is 11.8 Å². The number of carbonyl (C=O) groups is 1. The van der Waals surface area contributed by atoms with Crippen LogP contribution in [0.2, 0.25) is 0 Å². The van der Waals surface area contributed by atoms with E-state index in [4.69, 9.17) is 0 Å². The molecule has 1 aliphatic rings. The summed E-state index contributed by atoms with van der Waals surface area (Å²) in [6.45, 7) is 7.22. The molecule has 144 valence electrons. The first-order chi connectivity index (χ1) is 13.1. The maximum absolute atomic E-state index is 12.3. The van der Waals surface area contributed by atoms with Gasteiger partial charge in [-0.1, -0.05) is 15.9 Å². The Bertz CT molecular complexity index is 723. The maximum Gasteiger partial charge on any atom is 0.233 e. The maximum atomic E-state index is 12.3. The van der Waals surface area contributed by atoms with Crippen molar-refractivity contribution < 1.29 is 4.79 Å². The van der Waals surface area contributed by atoms with Crippen molar-refractivity contribution in [1.29, 1.82) is 0 Å². The van der Waals surface area contributed by atoms with Crippen LogP contribution >= 0.6 is 27.7 Å². The van der Waals surface area contributed by atoms with Crippen LogP contribution in [0.4, 0.5) is 5.95 Å². The molecule has 1 fully saturated rings. The fourth-order valence-corrected chi connectivity index (χ4v) is 4.03. The van der Waals surface area contributed by atoms with Crippen LogP contribution < -0.4 is 10.2 Å². The number of aromatic nitrogens is 2. The molecule has 1 aromatic carbocycles. The molecule has 0 saturated carbocycles. The Morgan fingerprint density at radius 1 is 1.19 bits per heavy atom. The van der Waals surface area contributed by atoms with E-state index in [-0.39, 0.29) is 11.2 Å². The largest absolute Gasteiger partial charge is 0.354 e. The molecule has 0 spiro atoms. The lowest BCUT2D eigenvalue weighted by Gasteiger charge is -2.34. The molecule has 1 N–H and O–H groups in total. The summed E-state index contributed by atoms with van der Waals surface area (Å²) in [5.74, 6) is 0.878. The summed E-state index contributed by atoms with van der Waals surface area (Å²) in [6, 6.07) is 9.86. The molecule has 2 aromatic rings. The Balaban J connectivity index is 1.35. The molecule has 6 nitrogen and oxygen atoms in total. The minimum Gasteiger partial charge on any atom is -0.354 e. The average Bonchev–Trinajstić information content (AvgIpc) is 2.71. The Kier molecular flexibility index (Phi) is 7.49. The summed E-state index contributed by atoms with van der Waals surface area (Å²) in [5, 5.41) is 2.94. The number of rotatable bonds is 7. The standard InChI is InChI=1S/C19H24BrN5OS/c1-15(27-17-5-3-16(20)4-6-17)18(26)21-9-10-24-11-13-25(14-12-24)19-22-7-2-8-23-19/h2-8,15H,9-14H2,1H3,(H,21,26). The molecule has 1 aromatic heterocycles. The van der Waals surface area contributed by atoms with Crippen molar-refractivity contribution in [2.24, 2.45) is 0 Å². The summed E-state index contributed by atoms with van der Waals surface area (Å²) < 4.78 is 1.04. The van der Waals surface area contributed by atoms with E-state index in [1.165, 1.54) is 0 Å². The van der Waals surface area contributed by atoms with Gasteiger partial charge < -0.3 is 10.2 Å². The van der Waals surface area contributed by atoms with E-state index in [0.29, 0.717) is 6.54 Å². The summed E-state index contributed by atoms with van der Waals surface area (Å²) in [5.41, 5.74) is 0. The number of benzene rings is 1. The zero-order valence-electron chi connectivity index (χ0n) is 15.3. The number of halogens is 1. The molecule has 0 radical (unpaired) electrons. The van der Waals surface area contributed by atoms with Crippen molar-refractivity contribution in [2.45, 2.75) is 17.1 Å². The van der Waals surface area contributed by atoms with Crippen LogP contribution in [0.25, 0.3) is 0 Å². The highest BCUT2D eigenvalue weighted by molar-refractivity contribution is 9.10. The molecule has 8 heteroatoms.